The fourth-order valence-corrected chi connectivity index (χ4v) is 2.27. The molecule has 0 heterocycles. The second-order valence-electron chi connectivity index (χ2n) is 5.88. The Kier molecular flexibility index (Phi) is 14.6. The minimum atomic E-state index is -0.261. The third-order valence-electron chi connectivity index (χ3n) is 3.63. The van der Waals surface area contributed by atoms with Crippen molar-refractivity contribution >= 4 is 5.97 Å². The molecular formula is C19H34O2. The summed E-state index contributed by atoms with van der Waals surface area (Å²) in [4.78, 5) is 11.1. The number of allylic oxidation sites excluding steroid dienone is 1. The van der Waals surface area contributed by atoms with Gasteiger partial charge in [-0.1, -0.05) is 70.4 Å². The van der Waals surface area contributed by atoms with E-state index < -0.39 is 0 Å². The standard InChI is InChI=1S/C19H34O2/c1-4-5-6-7-8-9-10-11-12-13-14-15-16-17-21-19(20)18(2)3/h4H,1-2,5-17H2,3H3. The van der Waals surface area contributed by atoms with E-state index in [0.717, 1.165) is 12.8 Å². The molecule has 21 heavy (non-hydrogen) atoms. The van der Waals surface area contributed by atoms with Gasteiger partial charge in [-0.25, -0.2) is 4.79 Å². The maximum absolute atomic E-state index is 11.1. The lowest BCUT2D eigenvalue weighted by Crippen LogP contribution is -2.05. The molecule has 122 valence electrons. The lowest BCUT2D eigenvalue weighted by atomic mass is 10.1. The highest BCUT2D eigenvalue weighted by Crippen LogP contribution is 2.12. The van der Waals surface area contributed by atoms with Gasteiger partial charge in [-0.05, 0) is 26.2 Å². The summed E-state index contributed by atoms with van der Waals surface area (Å²) >= 11 is 0. The molecule has 2 nitrogen and oxygen atoms in total. The Hall–Kier alpha value is -1.05. The van der Waals surface area contributed by atoms with Gasteiger partial charge in [0.25, 0.3) is 0 Å². The molecule has 0 bridgehead atoms. The quantitative estimate of drug-likeness (QED) is 0.161. The normalized spacial score (nSPS) is 10.3. The maximum Gasteiger partial charge on any atom is 0.333 e. The van der Waals surface area contributed by atoms with E-state index in [1.165, 1.54) is 64.2 Å². The third kappa shape index (κ3) is 15.2. The zero-order chi connectivity index (χ0) is 15.8. The van der Waals surface area contributed by atoms with E-state index in [-0.39, 0.29) is 5.97 Å². The van der Waals surface area contributed by atoms with E-state index >= 15 is 0 Å². The Morgan fingerprint density at radius 3 is 1.71 bits per heavy atom. The van der Waals surface area contributed by atoms with Crippen molar-refractivity contribution < 1.29 is 9.53 Å². The maximum atomic E-state index is 11.1. The number of unbranched alkanes of at least 4 members (excludes halogenated alkanes) is 11. The van der Waals surface area contributed by atoms with Crippen LogP contribution in [0.2, 0.25) is 0 Å². The van der Waals surface area contributed by atoms with Crippen molar-refractivity contribution in [3.05, 3.63) is 24.8 Å². The van der Waals surface area contributed by atoms with Gasteiger partial charge in [-0.15, -0.1) is 6.58 Å². The van der Waals surface area contributed by atoms with E-state index in [4.69, 9.17) is 4.74 Å². The molecule has 0 saturated heterocycles. The van der Waals surface area contributed by atoms with Gasteiger partial charge in [-0.3, -0.25) is 0 Å². The molecule has 2 heteroatoms. The smallest absolute Gasteiger partial charge is 0.333 e. The Morgan fingerprint density at radius 2 is 1.29 bits per heavy atom. The molecule has 0 amide bonds. The van der Waals surface area contributed by atoms with E-state index in [9.17, 15) is 4.79 Å². The number of hydrogen-bond donors (Lipinski definition) is 0. The van der Waals surface area contributed by atoms with Crippen molar-refractivity contribution in [3.63, 3.8) is 0 Å². The summed E-state index contributed by atoms with van der Waals surface area (Å²) in [6.07, 6.45) is 17.4. The Labute approximate surface area is 131 Å². The Bertz CT molecular complexity index is 281. The molecule has 0 aliphatic heterocycles. The molecule has 0 atom stereocenters. The van der Waals surface area contributed by atoms with Crippen LogP contribution in [0.5, 0.6) is 0 Å². The van der Waals surface area contributed by atoms with E-state index in [2.05, 4.69) is 13.2 Å². The van der Waals surface area contributed by atoms with Crippen molar-refractivity contribution in [1.82, 2.24) is 0 Å². The van der Waals surface area contributed by atoms with Crippen LogP contribution in [0.15, 0.2) is 24.8 Å². The van der Waals surface area contributed by atoms with Gasteiger partial charge >= 0.3 is 5.97 Å². The van der Waals surface area contributed by atoms with Crippen LogP contribution in [-0.4, -0.2) is 12.6 Å². The summed E-state index contributed by atoms with van der Waals surface area (Å²) in [5.74, 6) is -0.261. The van der Waals surface area contributed by atoms with Crippen molar-refractivity contribution in [2.75, 3.05) is 6.61 Å². The van der Waals surface area contributed by atoms with Crippen LogP contribution in [0.25, 0.3) is 0 Å². The number of esters is 1. The number of hydrogen-bond acceptors (Lipinski definition) is 2. The van der Waals surface area contributed by atoms with Gasteiger partial charge in [0, 0.05) is 5.57 Å². The SMILES string of the molecule is C=CCCCCCCCCCCCCCOC(=O)C(=C)C. The molecule has 0 N–H and O–H groups in total. The second-order valence-corrected chi connectivity index (χ2v) is 5.88. The van der Waals surface area contributed by atoms with Crippen LogP contribution in [-0.2, 0) is 9.53 Å². The highest BCUT2D eigenvalue weighted by Gasteiger charge is 2.01. The molecule has 0 aromatic heterocycles. The van der Waals surface area contributed by atoms with Crippen molar-refractivity contribution in [2.24, 2.45) is 0 Å². The Balaban J connectivity index is 3.07. The highest BCUT2D eigenvalue weighted by molar-refractivity contribution is 5.86. The van der Waals surface area contributed by atoms with E-state index in [1.54, 1.807) is 6.92 Å². The van der Waals surface area contributed by atoms with Crippen LogP contribution in [0.3, 0.4) is 0 Å². The minimum Gasteiger partial charge on any atom is -0.462 e. The van der Waals surface area contributed by atoms with Crippen LogP contribution in [0.1, 0.15) is 84.0 Å². The fourth-order valence-electron chi connectivity index (χ4n) is 2.27. The molecule has 0 unspecified atom stereocenters. The van der Waals surface area contributed by atoms with E-state index in [0.29, 0.717) is 12.2 Å². The van der Waals surface area contributed by atoms with E-state index in [1.807, 2.05) is 6.08 Å². The third-order valence-corrected chi connectivity index (χ3v) is 3.63. The van der Waals surface area contributed by atoms with Crippen molar-refractivity contribution in [1.29, 1.82) is 0 Å². The zero-order valence-corrected chi connectivity index (χ0v) is 14.0. The topological polar surface area (TPSA) is 26.3 Å². The first-order valence-electron chi connectivity index (χ1n) is 8.62. The number of carbonyl (C=O) groups is 1. The fraction of sp³-hybridized carbons (Fsp3) is 0.737. The molecule has 0 radical (unpaired) electrons. The molecule has 0 spiro atoms. The molecule has 0 aromatic rings. The van der Waals surface area contributed by atoms with Gasteiger partial charge in [-0.2, -0.15) is 0 Å². The average Bonchev–Trinajstić information content (AvgIpc) is 2.47. The number of carbonyl (C=O) groups excluding carboxylic acids is 1. The highest BCUT2D eigenvalue weighted by atomic mass is 16.5. The van der Waals surface area contributed by atoms with Crippen LogP contribution < -0.4 is 0 Å². The van der Waals surface area contributed by atoms with Crippen LogP contribution in [0.4, 0.5) is 0 Å². The predicted molar refractivity (Wildman–Crippen MR) is 91.4 cm³/mol. The summed E-state index contributed by atoms with van der Waals surface area (Å²) in [5.41, 5.74) is 0.486. The molecule has 0 rings (SSSR count). The lowest BCUT2D eigenvalue weighted by molar-refractivity contribution is -0.139. The van der Waals surface area contributed by atoms with Gasteiger partial charge in [0.05, 0.1) is 6.61 Å². The second kappa shape index (κ2) is 15.3. The van der Waals surface area contributed by atoms with Gasteiger partial charge in [0.2, 0.25) is 0 Å². The molecule has 0 aliphatic rings. The first-order chi connectivity index (χ1) is 10.2. The number of ether oxygens (including phenoxy) is 1. The van der Waals surface area contributed by atoms with Crippen LogP contribution in [0, 0.1) is 0 Å². The summed E-state index contributed by atoms with van der Waals surface area (Å²) in [5, 5.41) is 0. The predicted octanol–water partition coefficient (Wildman–Crippen LogP) is 5.97. The summed E-state index contributed by atoms with van der Waals surface area (Å²) in [7, 11) is 0. The van der Waals surface area contributed by atoms with Crippen molar-refractivity contribution in [3.8, 4) is 0 Å². The molecule has 0 aromatic carbocycles. The van der Waals surface area contributed by atoms with Gasteiger partial charge in [0.15, 0.2) is 0 Å². The molecule has 0 saturated carbocycles. The van der Waals surface area contributed by atoms with Gasteiger partial charge in [0.1, 0.15) is 0 Å². The van der Waals surface area contributed by atoms with Crippen LogP contribution >= 0.6 is 0 Å². The first-order valence-corrected chi connectivity index (χ1v) is 8.62. The average molecular weight is 294 g/mol. The first kappa shape index (κ1) is 19.9. The lowest BCUT2D eigenvalue weighted by Gasteiger charge is -2.04. The number of rotatable bonds is 15. The summed E-state index contributed by atoms with van der Waals surface area (Å²) < 4.78 is 5.06. The summed E-state index contributed by atoms with van der Waals surface area (Å²) in [6.45, 7) is 9.52. The zero-order valence-electron chi connectivity index (χ0n) is 14.0. The molecular weight excluding hydrogens is 260 g/mol. The molecule has 0 aliphatic carbocycles. The van der Waals surface area contributed by atoms with Gasteiger partial charge < -0.3 is 4.74 Å². The summed E-state index contributed by atoms with van der Waals surface area (Å²) in [6, 6.07) is 0. The largest absolute Gasteiger partial charge is 0.462 e. The Morgan fingerprint density at radius 1 is 0.857 bits per heavy atom. The monoisotopic (exact) mass is 294 g/mol. The molecule has 0 fully saturated rings. The minimum absolute atomic E-state index is 0.261. The van der Waals surface area contributed by atoms with Crippen molar-refractivity contribution in [2.45, 2.75) is 84.0 Å².